The van der Waals surface area contributed by atoms with E-state index in [4.69, 9.17) is 0 Å². The minimum absolute atomic E-state index is 0.205. The van der Waals surface area contributed by atoms with Crippen molar-refractivity contribution in [1.82, 2.24) is 16.0 Å². The maximum atomic E-state index is 12.2. The minimum Gasteiger partial charge on any atom is -0.445 e. The van der Waals surface area contributed by atoms with Crippen molar-refractivity contribution in [1.29, 1.82) is 0 Å². The molecule has 1 atom stereocenters. The van der Waals surface area contributed by atoms with Gasteiger partial charge >= 0.3 is 5.97 Å². The summed E-state index contributed by atoms with van der Waals surface area (Å²) in [5.41, 5.74) is 1.12. The fourth-order valence-electron chi connectivity index (χ4n) is 2.32. The SMILES string of the molecule is CC(=O)OCNC(=O)c1ccccc1CNC1CCC(=O)NC1=O. The van der Waals surface area contributed by atoms with E-state index in [1.54, 1.807) is 24.3 Å². The first-order valence-electron chi connectivity index (χ1n) is 7.54. The third-order valence-electron chi connectivity index (χ3n) is 3.55. The zero-order valence-corrected chi connectivity index (χ0v) is 13.3. The number of amides is 3. The number of nitrogens with one attached hydrogen (secondary N) is 3. The minimum atomic E-state index is -0.483. The highest BCUT2D eigenvalue weighted by Gasteiger charge is 2.26. The van der Waals surface area contributed by atoms with Gasteiger partial charge in [-0.1, -0.05) is 18.2 Å². The average molecular weight is 333 g/mol. The summed E-state index contributed by atoms with van der Waals surface area (Å²) < 4.78 is 4.68. The lowest BCUT2D eigenvalue weighted by atomic mass is 10.0. The van der Waals surface area contributed by atoms with Crippen LogP contribution >= 0.6 is 0 Å². The molecule has 1 saturated heterocycles. The molecule has 1 unspecified atom stereocenters. The molecule has 1 fully saturated rings. The van der Waals surface area contributed by atoms with Gasteiger partial charge in [-0.05, 0) is 18.1 Å². The first kappa shape index (κ1) is 17.6. The summed E-state index contributed by atoms with van der Waals surface area (Å²) in [7, 11) is 0. The molecule has 1 aromatic carbocycles. The summed E-state index contributed by atoms with van der Waals surface area (Å²) >= 11 is 0. The van der Waals surface area contributed by atoms with Crippen molar-refractivity contribution >= 4 is 23.7 Å². The van der Waals surface area contributed by atoms with E-state index in [-0.39, 0.29) is 30.9 Å². The molecule has 1 aliphatic heterocycles. The van der Waals surface area contributed by atoms with Crippen LogP contribution in [-0.2, 0) is 25.7 Å². The fraction of sp³-hybridized carbons (Fsp3) is 0.375. The number of hydrogen-bond donors (Lipinski definition) is 3. The Hall–Kier alpha value is -2.74. The van der Waals surface area contributed by atoms with Gasteiger partial charge in [-0.3, -0.25) is 24.5 Å². The van der Waals surface area contributed by atoms with Crippen molar-refractivity contribution in [3.63, 3.8) is 0 Å². The van der Waals surface area contributed by atoms with Crippen LogP contribution in [0, 0.1) is 0 Å². The van der Waals surface area contributed by atoms with E-state index in [1.807, 2.05) is 0 Å². The molecule has 24 heavy (non-hydrogen) atoms. The molecule has 1 aliphatic rings. The van der Waals surface area contributed by atoms with Gasteiger partial charge in [0, 0.05) is 25.5 Å². The van der Waals surface area contributed by atoms with E-state index in [9.17, 15) is 19.2 Å². The molecule has 0 radical (unpaired) electrons. The molecule has 0 aromatic heterocycles. The Balaban J connectivity index is 1.95. The molecule has 1 heterocycles. The maximum absolute atomic E-state index is 12.2. The number of carbonyl (C=O) groups excluding carboxylic acids is 4. The second-order valence-corrected chi connectivity index (χ2v) is 5.33. The molecule has 2 rings (SSSR count). The molecule has 3 N–H and O–H groups in total. The van der Waals surface area contributed by atoms with Crippen LogP contribution in [0.5, 0.6) is 0 Å². The van der Waals surface area contributed by atoms with Gasteiger partial charge < -0.3 is 15.4 Å². The summed E-state index contributed by atoms with van der Waals surface area (Å²) in [6.45, 7) is 1.34. The predicted molar refractivity (Wildman–Crippen MR) is 83.6 cm³/mol. The second-order valence-electron chi connectivity index (χ2n) is 5.33. The van der Waals surface area contributed by atoms with Crippen molar-refractivity contribution in [3.05, 3.63) is 35.4 Å². The van der Waals surface area contributed by atoms with E-state index in [1.165, 1.54) is 6.92 Å². The molecule has 0 saturated carbocycles. The zero-order chi connectivity index (χ0) is 17.5. The topological polar surface area (TPSA) is 114 Å². The largest absolute Gasteiger partial charge is 0.445 e. The first-order chi connectivity index (χ1) is 11.5. The Morgan fingerprint density at radius 2 is 2.04 bits per heavy atom. The molecular formula is C16H19N3O5. The number of piperidine rings is 1. The van der Waals surface area contributed by atoms with E-state index >= 15 is 0 Å². The van der Waals surface area contributed by atoms with Gasteiger partial charge in [0.2, 0.25) is 11.8 Å². The van der Waals surface area contributed by atoms with Crippen molar-refractivity contribution in [2.45, 2.75) is 32.4 Å². The summed E-state index contributed by atoms with van der Waals surface area (Å²) in [5, 5.41) is 7.81. The van der Waals surface area contributed by atoms with Crippen LogP contribution in [0.4, 0.5) is 0 Å². The van der Waals surface area contributed by atoms with Gasteiger partial charge in [0.1, 0.15) is 0 Å². The molecule has 8 heteroatoms. The summed E-state index contributed by atoms with van der Waals surface area (Å²) in [6.07, 6.45) is 0.708. The predicted octanol–water partition coefficient (Wildman–Crippen LogP) is -0.168. The molecule has 0 bridgehead atoms. The number of hydrogen-bond acceptors (Lipinski definition) is 6. The lowest BCUT2D eigenvalue weighted by molar-refractivity contribution is -0.141. The molecule has 0 spiro atoms. The number of carbonyl (C=O) groups is 4. The van der Waals surface area contributed by atoms with Gasteiger partial charge in [-0.2, -0.15) is 0 Å². The first-order valence-corrected chi connectivity index (χ1v) is 7.54. The van der Waals surface area contributed by atoms with Gasteiger partial charge in [0.15, 0.2) is 6.73 Å². The maximum Gasteiger partial charge on any atom is 0.304 e. The Kier molecular flexibility index (Phi) is 6.02. The molecular weight excluding hydrogens is 314 g/mol. The van der Waals surface area contributed by atoms with E-state index in [0.717, 1.165) is 0 Å². The van der Waals surface area contributed by atoms with Gasteiger partial charge in [-0.15, -0.1) is 0 Å². The monoisotopic (exact) mass is 333 g/mol. The lowest BCUT2D eigenvalue weighted by Gasteiger charge is -2.22. The molecule has 3 amide bonds. The third kappa shape index (κ3) is 4.88. The van der Waals surface area contributed by atoms with Crippen molar-refractivity contribution in [3.8, 4) is 0 Å². The Bertz CT molecular complexity index is 659. The molecule has 1 aromatic rings. The number of rotatable bonds is 6. The zero-order valence-electron chi connectivity index (χ0n) is 13.3. The smallest absolute Gasteiger partial charge is 0.304 e. The van der Waals surface area contributed by atoms with Crippen molar-refractivity contribution in [2.75, 3.05) is 6.73 Å². The average Bonchev–Trinajstić information content (AvgIpc) is 2.54. The van der Waals surface area contributed by atoms with Crippen molar-refractivity contribution < 1.29 is 23.9 Å². The highest BCUT2D eigenvalue weighted by molar-refractivity contribution is 6.00. The third-order valence-corrected chi connectivity index (χ3v) is 3.55. The fourth-order valence-corrected chi connectivity index (χ4v) is 2.32. The van der Waals surface area contributed by atoms with Gasteiger partial charge in [0.05, 0.1) is 6.04 Å². The number of esters is 1. The second kappa shape index (κ2) is 8.21. The van der Waals surface area contributed by atoms with E-state index < -0.39 is 12.0 Å². The van der Waals surface area contributed by atoms with Crippen LogP contribution in [0.2, 0.25) is 0 Å². The molecule has 8 nitrogen and oxygen atoms in total. The quantitative estimate of drug-likeness (QED) is 0.378. The van der Waals surface area contributed by atoms with Crippen LogP contribution < -0.4 is 16.0 Å². The van der Waals surface area contributed by atoms with Gasteiger partial charge in [0.25, 0.3) is 5.91 Å². The van der Waals surface area contributed by atoms with E-state index in [2.05, 4.69) is 20.7 Å². The highest BCUT2D eigenvalue weighted by atomic mass is 16.5. The normalized spacial score (nSPS) is 17.1. The molecule has 0 aliphatic carbocycles. The number of benzene rings is 1. The van der Waals surface area contributed by atoms with Crippen LogP contribution in [0.1, 0.15) is 35.7 Å². The Labute approximate surface area is 138 Å². The van der Waals surface area contributed by atoms with E-state index in [0.29, 0.717) is 24.1 Å². The standard InChI is InChI=1S/C16H19N3O5/c1-10(20)24-9-18-15(22)12-5-3-2-4-11(12)8-17-13-6-7-14(21)19-16(13)23/h2-5,13,17H,6-9H2,1H3,(H,18,22)(H,19,21,23). The summed E-state index contributed by atoms with van der Waals surface area (Å²) in [4.78, 5) is 45.7. The van der Waals surface area contributed by atoms with Gasteiger partial charge in [-0.25, -0.2) is 0 Å². The van der Waals surface area contributed by atoms with Crippen LogP contribution in [-0.4, -0.2) is 36.5 Å². The lowest BCUT2D eigenvalue weighted by Crippen LogP contribution is -2.50. The highest BCUT2D eigenvalue weighted by Crippen LogP contribution is 2.11. The summed E-state index contributed by atoms with van der Waals surface area (Å²) in [5.74, 6) is -1.49. The molecule has 128 valence electrons. The van der Waals surface area contributed by atoms with Crippen LogP contribution in [0.25, 0.3) is 0 Å². The van der Waals surface area contributed by atoms with Crippen LogP contribution in [0.3, 0.4) is 0 Å². The number of ether oxygens (including phenoxy) is 1. The van der Waals surface area contributed by atoms with Crippen molar-refractivity contribution in [2.24, 2.45) is 0 Å². The Morgan fingerprint density at radius 3 is 2.75 bits per heavy atom. The number of imide groups is 1. The Morgan fingerprint density at radius 1 is 1.29 bits per heavy atom. The van der Waals surface area contributed by atoms with Crippen LogP contribution in [0.15, 0.2) is 24.3 Å². The summed E-state index contributed by atoms with van der Waals surface area (Å²) in [6, 6.07) is 6.44.